The van der Waals surface area contributed by atoms with Gasteiger partial charge in [0.25, 0.3) is 0 Å². The van der Waals surface area contributed by atoms with Crippen molar-refractivity contribution in [3.63, 3.8) is 0 Å². The largest absolute Gasteiger partial charge is 0.378 e. The molecule has 8 nitrogen and oxygen atoms in total. The molecular formula is C14H17FN6O2. The third kappa shape index (κ3) is 4.02. The summed E-state index contributed by atoms with van der Waals surface area (Å²) >= 11 is 0. The second-order valence-electron chi connectivity index (χ2n) is 4.97. The number of rotatable bonds is 6. The minimum Gasteiger partial charge on any atom is -0.378 e. The number of hydrogen-bond acceptors (Lipinski definition) is 7. The maximum atomic E-state index is 13.0. The summed E-state index contributed by atoms with van der Waals surface area (Å²) in [4.78, 5) is 18.6. The summed E-state index contributed by atoms with van der Waals surface area (Å²) in [6, 6.07) is 5.43. The number of halogens is 1. The molecular weight excluding hydrogens is 303 g/mol. The van der Waals surface area contributed by atoms with Crippen LogP contribution in [-0.4, -0.2) is 20.9 Å². The van der Waals surface area contributed by atoms with E-state index in [0.717, 1.165) is 6.42 Å². The standard InChI is InChI=1S/C14H17FN6O2/c1-3-8(2)17-14-19-12(16)11(21(22)23)13(20-14)18-10-6-4-9(15)5-7-10/h4-8H,3H2,1-2H3,(H4,16,17,18,19,20). The molecule has 9 heteroatoms. The van der Waals surface area contributed by atoms with Crippen molar-refractivity contribution >= 4 is 29.0 Å². The van der Waals surface area contributed by atoms with Gasteiger partial charge < -0.3 is 16.4 Å². The van der Waals surface area contributed by atoms with Gasteiger partial charge in [-0.1, -0.05) is 6.92 Å². The number of nitrogens with one attached hydrogen (secondary N) is 2. The highest BCUT2D eigenvalue weighted by Crippen LogP contribution is 2.31. The number of nitrogen functional groups attached to an aromatic ring is 1. The summed E-state index contributed by atoms with van der Waals surface area (Å²) in [7, 11) is 0. The topological polar surface area (TPSA) is 119 Å². The average molecular weight is 320 g/mol. The van der Waals surface area contributed by atoms with Crippen LogP contribution in [0.3, 0.4) is 0 Å². The van der Waals surface area contributed by atoms with Crippen LogP contribution in [-0.2, 0) is 0 Å². The Balaban J connectivity index is 2.41. The summed E-state index contributed by atoms with van der Waals surface area (Å²) in [6.45, 7) is 3.90. The normalized spacial score (nSPS) is 11.8. The molecule has 0 saturated carbocycles. The zero-order valence-corrected chi connectivity index (χ0v) is 12.7. The van der Waals surface area contributed by atoms with Crippen LogP contribution < -0.4 is 16.4 Å². The average Bonchev–Trinajstić information content (AvgIpc) is 2.48. The zero-order valence-electron chi connectivity index (χ0n) is 12.7. The number of nitro groups is 1. The number of anilines is 4. The second kappa shape index (κ2) is 6.86. The molecule has 1 atom stereocenters. The van der Waals surface area contributed by atoms with Crippen LogP contribution in [0.15, 0.2) is 24.3 Å². The molecule has 0 spiro atoms. The molecule has 1 aromatic heterocycles. The van der Waals surface area contributed by atoms with Crippen LogP contribution in [0.2, 0.25) is 0 Å². The Bertz CT molecular complexity index is 707. The Labute approximate surface area is 132 Å². The molecule has 23 heavy (non-hydrogen) atoms. The van der Waals surface area contributed by atoms with Gasteiger partial charge in [-0.05, 0) is 37.6 Å². The van der Waals surface area contributed by atoms with E-state index in [2.05, 4.69) is 20.6 Å². The van der Waals surface area contributed by atoms with Gasteiger partial charge in [0.15, 0.2) is 0 Å². The molecule has 122 valence electrons. The van der Waals surface area contributed by atoms with Gasteiger partial charge >= 0.3 is 5.69 Å². The number of benzene rings is 1. The van der Waals surface area contributed by atoms with Crippen molar-refractivity contribution in [3.8, 4) is 0 Å². The maximum absolute atomic E-state index is 13.0. The molecule has 1 heterocycles. The van der Waals surface area contributed by atoms with Gasteiger partial charge in [-0.2, -0.15) is 9.97 Å². The number of nitrogens with zero attached hydrogens (tertiary/aromatic N) is 3. The van der Waals surface area contributed by atoms with Crippen molar-refractivity contribution in [1.82, 2.24) is 9.97 Å². The molecule has 0 amide bonds. The van der Waals surface area contributed by atoms with Gasteiger partial charge in [0.1, 0.15) is 5.82 Å². The van der Waals surface area contributed by atoms with Crippen LogP contribution in [0.25, 0.3) is 0 Å². The fourth-order valence-corrected chi connectivity index (χ4v) is 1.80. The van der Waals surface area contributed by atoms with Crippen molar-refractivity contribution < 1.29 is 9.31 Å². The summed E-state index contributed by atoms with van der Waals surface area (Å²) in [5, 5.41) is 17.0. The van der Waals surface area contributed by atoms with Crippen LogP contribution in [0, 0.1) is 15.9 Å². The van der Waals surface area contributed by atoms with E-state index >= 15 is 0 Å². The monoisotopic (exact) mass is 320 g/mol. The molecule has 2 aromatic rings. The van der Waals surface area contributed by atoms with E-state index in [9.17, 15) is 14.5 Å². The first-order valence-electron chi connectivity index (χ1n) is 7.01. The third-order valence-corrected chi connectivity index (χ3v) is 3.19. The van der Waals surface area contributed by atoms with E-state index in [-0.39, 0.29) is 23.6 Å². The summed E-state index contributed by atoms with van der Waals surface area (Å²) in [5.41, 5.74) is 5.70. The van der Waals surface area contributed by atoms with E-state index < -0.39 is 16.4 Å². The molecule has 0 aliphatic rings. The molecule has 0 fully saturated rings. The molecule has 2 rings (SSSR count). The van der Waals surface area contributed by atoms with Gasteiger partial charge in [-0.3, -0.25) is 10.1 Å². The molecule has 4 N–H and O–H groups in total. The highest BCUT2D eigenvalue weighted by atomic mass is 19.1. The van der Waals surface area contributed by atoms with Gasteiger partial charge in [0.2, 0.25) is 17.6 Å². The van der Waals surface area contributed by atoms with Gasteiger partial charge in [0.05, 0.1) is 4.92 Å². The lowest BCUT2D eigenvalue weighted by Gasteiger charge is -2.13. The van der Waals surface area contributed by atoms with Gasteiger partial charge in [0, 0.05) is 11.7 Å². The van der Waals surface area contributed by atoms with E-state index in [1.54, 1.807) is 0 Å². The molecule has 0 aliphatic carbocycles. The number of aromatic nitrogens is 2. The Morgan fingerprint density at radius 2 is 2.00 bits per heavy atom. The van der Waals surface area contributed by atoms with Crippen molar-refractivity contribution in [2.45, 2.75) is 26.3 Å². The third-order valence-electron chi connectivity index (χ3n) is 3.19. The van der Waals surface area contributed by atoms with E-state index in [0.29, 0.717) is 5.69 Å². The first-order chi connectivity index (χ1) is 10.9. The van der Waals surface area contributed by atoms with E-state index in [1.165, 1.54) is 24.3 Å². The van der Waals surface area contributed by atoms with Crippen LogP contribution >= 0.6 is 0 Å². The van der Waals surface area contributed by atoms with Crippen LogP contribution in [0.1, 0.15) is 20.3 Å². The van der Waals surface area contributed by atoms with E-state index in [4.69, 9.17) is 5.73 Å². The predicted octanol–water partition coefficient (Wildman–Crippen LogP) is 3.06. The Morgan fingerprint density at radius 3 is 2.57 bits per heavy atom. The molecule has 0 radical (unpaired) electrons. The second-order valence-corrected chi connectivity index (χ2v) is 4.97. The summed E-state index contributed by atoms with van der Waals surface area (Å²) in [6.07, 6.45) is 0.820. The fraction of sp³-hybridized carbons (Fsp3) is 0.286. The van der Waals surface area contributed by atoms with Gasteiger partial charge in [-0.25, -0.2) is 4.39 Å². The highest BCUT2D eigenvalue weighted by Gasteiger charge is 2.23. The van der Waals surface area contributed by atoms with Crippen molar-refractivity contribution in [1.29, 1.82) is 0 Å². The summed E-state index contributed by atoms with van der Waals surface area (Å²) < 4.78 is 13.0. The van der Waals surface area contributed by atoms with Crippen molar-refractivity contribution in [2.24, 2.45) is 0 Å². The minimum absolute atomic E-state index is 0.0556. The quantitative estimate of drug-likeness (QED) is 0.552. The zero-order chi connectivity index (χ0) is 17.0. The van der Waals surface area contributed by atoms with Gasteiger partial charge in [-0.15, -0.1) is 0 Å². The highest BCUT2D eigenvalue weighted by molar-refractivity contribution is 5.74. The number of nitrogens with two attached hydrogens (primary N) is 1. The SMILES string of the molecule is CCC(C)Nc1nc(N)c([N+](=O)[O-])c(Nc2ccc(F)cc2)n1. The lowest BCUT2D eigenvalue weighted by molar-refractivity contribution is -0.383. The maximum Gasteiger partial charge on any atom is 0.353 e. The molecule has 0 aliphatic heterocycles. The van der Waals surface area contributed by atoms with Crippen LogP contribution in [0.4, 0.5) is 33.3 Å². The lowest BCUT2D eigenvalue weighted by Crippen LogP contribution is -2.17. The lowest BCUT2D eigenvalue weighted by atomic mass is 10.3. The first-order valence-corrected chi connectivity index (χ1v) is 7.01. The van der Waals surface area contributed by atoms with Crippen molar-refractivity contribution in [3.05, 3.63) is 40.2 Å². The minimum atomic E-state index is -0.659. The Hall–Kier alpha value is -2.97. The Kier molecular flexibility index (Phi) is 4.89. The molecule has 0 bridgehead atoms. The molecule has 0 saturated heterocycles. The van der Waals surface area contributed by atoms with Crippen LogP contribution in [0.5, 0.6) is 0 Å². The smallest absolute Gasteiger partial charge is 0.353 e. The Morgan fingerprint density at radius 1 is 1.35 bits per heavy atom. The number of hydrogen-bond donors (Lipinski definition) is 3. The van der Waals surface area contributed by atoms with E-state index in [1.807, 2.05) is 13.8 Å². The summed E-state index contributed by atoms with van der Waals surface area (Å²) in [5.74, 6) is -0.529. The molecule has 1 aromatic carbocycles. The first kappa shape index (κ1) is 16.4. The van der Waals surface area contributed by atoms with Crippen molar-refractivity contribution in [2.75, 3.05) is 16.4 Å². The predicted molar refractivity (Wildman–Crippen MR) is 86.2 cm³/mol. The molecule has 1 unspecified atom stereocenters. The fourth-order valence-electron chi connectivity index (χ4n) is 1.80.